The molecule has 0 saturated heterocycles. The number of aromatic nitrogens is 3. The van der Waals surface area contributed by atoms with Crippen molar-refractivity contribution in [2.45, 2.75) is 25.8 Å². The highest BCUT2D eigenvalue weighted by Gasteiger charge is 2.25. The molecule has 0 amide bonds. The van der Waals surface area contributed by atoms with Crippen molar-refractivity contribution in [1.29, 1.82) is 0 Å². The maximum absolute atomic E-state index is 4.51. The number of rotatable bonds is 2. The molecule has 0 N–H and O–H groups in total. The predicted molar refractivity (Wildman–Crippen MR) is 76.0 cm³/mol. The maximum atomic E-state index is 4.51. The largest absolute Gasteiger partial charge is 0.262 e. The fraction of sp³-hybridized carbons (Fsp3) is 0.250. The zero-order chi connectivity index (χ0) is 12.8. The van der Waals surface area contributed by atoms with Gasteiger partial charge in [0, 0.05) is 17.1 Å². The Kier molecular flexibility index (Phi) is 2.21. The van der Waals surface area contributed by atoms with Gasteiger partial charge >= 0.3 is 0 Å². The van der Waals surface area contributed by atoms with E-state index in [9.17, 15) is 0 Å². The fourth-order valence-corrected chi connectivity index (χ4v) is 2.52. The Hall–Kier alpha value is -2.16. The van der Waals surface area contributed by atoms with Gasteiger partial charge in [0.15, 0.2) is 0 Å². The number of hydrogen-bond acceptors (Lipinski definition) is 2. The van der Waals surface area contributed by atoms with Crippen molar-refractivity contribution < 1.29 is 0 Å². The Balaban J connectivity index is 1.84. The Labute approximate surface area is 111 Å². The Morgan fingerprint density at radius 2 is 2.05 bits per heavy atom. The van der Waals surface area contributed by atoms with E-state index in [1.54, 1.807) is 0 Å². The average molecular weight is 249 g/mol. The normalized spacial score (nSPS) is 15.0. The lowest BCUT2D eigenvalue weighted by atomic mass is 10.1. The van der Waals surface area contributed by atoms with E-state index >= 15 is 0 Å². The van der Waals surface area contributed by atoms with Gasteiger partial charge in [-0.2, -0.15) is 5.10 Å². The Morgan fingerprint density at radius 1 is 1.16 bits per heavy atom. The molecule has 0 unspecified atom stereocenters. The molecule has 1 fully saturated rings. The van der Waals surface area contributed by atoms with E-state index in [1.807, 2.05) is 18.5 Å². The molecule has 2 aromatic heterocycles. The van der Waals surface area contributed by atoms with Crippen LogP contribution in [0.2, 0.25) is 0 Å². The van der Waals surface area contributed by atoms with Gasteiger partial charge in [-0.15, -0.1) is 0 Å². The van der Waals surface area contributed by atoms with E-state index < -0.39 is 0 Å². The SMILES string of the molecule is Cc1ccnc(-c2ccc3c(cnn3C3CC3)c2)c1. The van der Waals surface area contributed by atoms with Crippen LogP contribution in [0.15, 0.2) is 42.7 Å². The van der Waals surface area contributed by atoms with Gasteiger partial charge in [-0.1, -0.05) is 6.07 Å². The number of fused-ring (bicyclic) bond motifs is 1. The third-order valence-corrected chi connectivity index (χ3v) is 3.70. The summed E-state index contributed by atoms with van der Waals surface area (Å²) in [4.78, 5) is 4.44. The highest BCUT2D eigenvalue weighted by molar-refractivity contribution is 5.84. The van der Waals surface area contributed by atoms with E-state index in [0.29, 0.717) is 6.04 Å². The summed E-state index contributed by atoms with van der Waals surface area (Å²) >= 11 is 0. The minimum atomic E-state index is 0.625. The molecule has 94 valence electrons. The lowest BCUT2D eigenvalue weighted by Crippen LogP contribution is -1.94. The molecule has 3 heteroatoms. The third-order valence-electron chi connectivity index (χ3n) is 3.70. The second-order valence-corrected chi connectivity index (χ2v) is 5.31. The molecule has 0 radical (unpaired) electrons. The molecule has 2 heterocycles. The van der Waals surface area contributed by atoms with Crippen molar-refractivity contribution in [1.82, 2.24) is 14.8 Å². The summed E-state index contributed by atoms with van der Waals surface area (Å²) in [7, 11) is 0. The summed E-state index contributed by atoms with van der Waals surface area (Å²) in [5.41, 5.74) is 4.66. The van der Waals surface area contributed by atoms with Gasteiger partial charge in [0.1, 0.15) is 0 Å². The van der Waals surface area contributed by atoms with Crippen LogP contribution in [0, 0.1) is 6.92 Å². The first kappa shape index (κ1) is 10.7. The van der Waals surface area contributed by atoms with Crippen LogP contribution < -0.4 is 0 Å². The zero-order valence-corrected chi connectivity index (χ0v) is 10.9. The van der Waals surface area contributed by atoms with Gasteiger partial charge in [0.05, 0.1) is 23.4 Å². The first-order chi connectivity index (χ1) is 9.31. The Morgan fingerprint density at radius 3 is 2.84 bits per heavy atom. The highest BCUT2D eigenvalue weighted by Crippen LogP contribution is 2.37. The van der Waals surface area contributed by atoms with Crippen LogP contribution in [0.3, 0.4) is 0 Å². The van der Waals surface area contributed by atoms with Crippen molar-refractivity contribution in [2.75, 3.05) is 0 Å². The summed E-state index contributed by atoms with van der Waals surface area (Å²) in [6.45, 7) is 2.09. The van der Waals surface area contributed by atoms with E-state index in [1.165, 1.54) is 29.3 Å². The van der Waals surface area contributed by atoms with Gasteiger partial charge < -0.3 is 0 Å². The number of aryl methyl sites for hydroxylation is 1. The predicted octanol–water partition coefficient (Wildman–Crippen LogP) is 3.74. The lowest BCUT2D eigenvalue weighted by Gasteiger charge is -2.04. The molecule has 1 saturated carbocycles. The van der Waals surface area contributed by atoms with Gasteiger partial charge in [0.25, 0.3) is 0 Å². The molecule has 19 heavy (non-hydrogen) atoms. The second-order valence-electron chi connectivity index (χ2n) is 5.31. The summed E-state index contributed by atoms with van der Waals surface area (Å²) < 4.78 is 2.16. The first-order valence-electron chi connectivity index (χ1n) is 6.71. The molecule has 3 aromatic rings. The van der Waals surface area contributed by atoms with Crippen molar-refractivity contribution >= 4 is 10.9 Å². The summed E-state index contributed by atoms with van der Waals surface area (Å²) in [6, 6.07) is 11.3. The van der Waals surface area contributed by atoms with E-state index in [-0.39, 0.29) is 0 Å². The molecule has 1 aromatic carbocycles. The van der Waals surface area contributed by atoms with E-state index in [4.69, 9.17) is 0 Å². The maximum Gasteiger partial charge on any atom is 0.0704 e. The quantitative estimate of drug-likeness (QED) is 0.692. The molecule has 0 aliphatic heterocycles. The smallest absolute Gasteiger partial charge is 0.0704 e. The standard InChI is InChI=1S/C16H15N3/c1-11-6-7-17-15(8-11)12-2-5-16-13(9-12)10-18-19(16)14-3-4-14/h2,5-10,14H,3-4H2,1H3. The van der Waals surface area contributed by atoms with Gasteiger partial charge in [-0.05, 0) is 49.6 Å². The molecular weight excluding hydrogens is 234 g/mol. The van der Waals surface area contributed by atoms with Crippen molar-refractivity contribution in [2.24, 2.45) is 0 Å². The Bertz CT molecular complexity index is 754. The number of benzene rings is 1. The molecule has 1 aliphatic rings. The minimum Gasteiger partial charge on any atom is -0.262 e. The topological polar surface area (TPSA) is 30.7 Å². The van der Waals surface area contributed by atoms with Gasteiger partial charge in [0.2, 0.25) is 0 Å². The van der Waals surface area contributed by atoms with Crippen LogP contribution in [-0.2, 0) is 0 Å². The molecule has 1 aliphatic carbocycles. The van der Waals surface area contributed by atoms with Crippen LogP contribution in [0.5, 0.6) is 0 Å². The molecule has 4 rings (SSSR count). The summed E-state index contributed by atoms with van der Waals surface area (Å²) in [5, 5.41) is 5.71. The molecule has 0 spiro atoms. The summed E-state index contributed by atoms with van der Waals surface area (Å²) in [6.07, 6.45) is 6.35. The van der Waals surface area contributed by atoms with Crippen LogP contribution in [-0.4, -0.2) is 14.8 Å². The van der Waals surface area contributed by atoms with Crippen LogP contribution in [0.1, 0.15) is 24.4 Å². The molecule has 0 atom stereocenters. The highest BCUT2D eigenvalue weighted by atomic mass is 15.3. The lowest BCUT2D eigenvalue weighted by molar-refractivity contribution is 0.665. The number of pyridine rings is 1. The van der Waals surface area contributed by atoms with Gasteiger partial charge in [-0.3, -0.25) is 9.67 Å². The summed E-state index contributed by atoms with van der Waals surface area (Å²) in [5.74, 6) is 0. The van der Waals surface area contributed by atoms with Crippen LogP contribution in [0.25, 0.3) is 22.2 Å². The first-order valence-corrected chi connectivity index (χ1v) is 6.71. The number of nitrogens with zero attached hydrogens (tertiary/aromatic N) is 3. The third kappa shape index (κ3) is 1.82. The van der Waals surface area contributed by atoms with Crippen molar-refractivity contribution in [3.05, 3.63) is 48.3 Å². The van der Waals surface area contributed by atoms with Crippen LogP contribution in [0.4, 0.5) is 0 Å². The van der Waals surface area contributed by atoms with E-state index in [2.05, 4.69) is 46.0 Å². The van der Waals surface area contributed by atoms with Crippen molar-refractivity contribution in [3.8, 4) is 11.3 Å². The monoisotopic (exact) mass is 249 g/mol. The average Bonchev–Trinajstić information content (AvgIpc) is 3.18. The fourth-order valence-electron chi connectivity index (χ4n) is 2.52. The molecular formula is C16H15N3. The van der Waals surface area contributed by atoms with E-state index in [0.717, 1.165) is 11.3 Å². The minimum absolute atomic E-state index is 0.625. The van der Waals surface area contributed by atoms with Crippen LogP contribution >= 0.6 is 0 Å². The molecule has 3 nitrogen and oxygen atoms in total. The zero-order valence-electron chi connectivity index (χ0n) is 10.9. The van der Waals surface area contributed by atoms with Crippen molar-refractivity contribution in [3.63, 3.8) is 0 Å². The van der Waals surface area contributed by atoms with Gasteiger partial charge in [-0.25, -0.2) is 0 Å². The second kappa shape index (κ2) is 3.92. The molecule has 0 bridgehead atoms. The number of hydrogen-bond donors (Lipinski definition) is 0.